The number of rotatable bonds is 5. The van der Waals surface area contributed by atoms with Crippen molar-refractivity contribution in [3.8, 4) is 11.8 Å². The van der Waals surface area contributed by atoms with Crippen molar-refractivity contribution in [1.29, 1.82) is 5.26 Å². The third-order valence-electron chi connectivity index (χ3n) is 5.33. The van der Waals surface area contributed by atoms with Crippen LogP contribution in [-0.2, 0) is 14.3 Å². The second-order valence-corrected chi connectivity index (χ2v) is 8.34. The van der Waals surface area contributed by atoms with Gasteiger partial charge in [-0.05, 0) is 35.9 Å². The lowest BCUT2D eigenvalue weighted by Gasteiger charge is -2.25. The fourth-order valence-electron chi connectivity index (χ4n) is 3.69. The first-order valence-corrected chi connectivity index (χ1v) is 11.0. The summed E-state index contributed by atoms with van der Waals surface area (Å²) in [4.78, 5) is 42.7. The second kappa shape index (κ2) is 10.7. The number of ether oxygens (including phenoxy) is 2. The number of pyridine rings is 1. The van der Waals surface area contributed by atoms with Gasteiger partial charge in [0.25, 0.3) is 11.5 Å². The predicted molar refractivity (Wildman–Crippen MR) is 136 cm³/mol. The van der Waals surface area contributed by atoms with E-state index in [9.17, 15) is 19.6 Å². The molecule has 1 unspecified atom stereocenters. The van der Waals surface area contributed by atoms with E-state index in [0.29, 0.717) is 17.0 Å². The largest absolute Gasteiger partial charge is 0.497 e. The summed E-state index contributed by atoms with van der Waals surface area (Å²) < 4.78 is 11.1. The van der Waals surface area contributed by atoms with Crippen LogP contribution in [0.15, 0.2) is 59.2 Å². The van der Waals surface area contributed by atoms with Crippen molar-refractivity contribution in [2.45, 2.75) is 13.3 Å². The Bertz CT molecular complexity index is 1560. The molecule has 1 aromatic carbocycles. The Kier molecular flexibility index (Phi) is 7.71. The number of methoxy groups -OCH3 is 2. The molecule has 0 bridgehead atoms. The van der Waals surface area contributed by atoms with Gasteiger partial charge in [0.15, 0.2) is 0 Å². The number of nitrogens with zero attached hydrogens (tertiary/aromatic N) is 3. The van der Waals surface area contributed by atoms with Crippen molar-refractivity contribution in [2.75, 3.05) is 19.5 Å². The van der Waals surface area contributed by atoms with Crippen LogP contribution >= 0.6 is 11.3 Å². The Morgan fingerprint density at radius 1 is 1.25 bits per heavy atom. The van der Waals surface area contributed by atoms with E-state index in [-0.39, 0.29) is 33.6 Å². The zero-order chi connectivity index (χ0) is 25.1. The summed E-state index contributed by atoms with van der Waals surface area (Å²) in [6.45, 7) is 0. The molecule has 4 rings (SSSR count). The molecule has 0 aliphatic carbocycles. The Morgan fingerprint density at radius 3 is 2.56 bits per heavy atom. The summed E-state index contributed by atoms with van der Waals surface area (Å²) in [6, 6.07) is 12.1. The Morgan fingerprint density at radius 2 is 1.97 bits per heavy atom. The summed E-state index contributed by atoms with van der Waals surface area (Å²) in [5.74, 6) is -1.69. The lowest BCUT2D eigenvalue weighted by molar-refractivity contribution is -0.133. The van der Waals surface area contributed by atoms with Crippen LogP contribution < -0.4 is 30.5 Å². The normalized spacial score (nSPS) is 14.9. The second-order valence-electron chi connectivity index (χ2n) is 7.31. The van der Waals surface area contributed by atoms with Crippen LogP contribution in [0.5, 0.6) is 5.75 Å². The number of hydrogen-bond donors (Lipinski definition) is 2. The molecular formula is C25H23N5O5S. The Hall–Kier alpha value is -4.69. The zero-order valence-corrected chi connectivity index (χ0v) is 19.5. The number of amides is 1. The van der Waals surface area contributed by atoms with Crippen LogP contribution in [0.1, 0.15) is 18.9 Å². The van der Waals surface area contributed by atoms with Crippen molar-refractivity contribution < 1.29 is 19.1 Å². The van der Waals surface area contributed by atoms with Crippen LogP contribution in [0.4, 0.5) is 5.69 Å². The van der Waals surface area contributed by atoms with Gasteiger partial charge in [0.05, 0.1) is 37.4 Å². The first-order chi connectivity index (χ1) is 16.9. The monoisotopic (exact) mass is 505 g/mol. The van der Waals surface area contributed by atoms with Gasteiger partial charge in [-0.15, -0.1) is 11.3 Å². The van der Waals surface area contributed by atoms with E-state index in [4.69, 9.17) is 10.5 Å². The fraction of sp³-hybridized carbons (Fsp3) is 0.160. The van der Waals surface area contributed by atoms with Gasteiger partial charge in [-0.2, -0.15) is 5.26 Å². The standard InChI is InChI=1S/C24H19N5O5S.CH4/c1-33-15-7-5-14(6-8-15)28-22(31)20-19(13-4-3-9-27-12-13)16(11-25)21(26)29-23(32)17(35-24(20)29)10-18(30)34-2;/h3-10,12,19H,26H2,1-2H3,(H,28,31);1H4/b17-10-;. The number of esters is 1. The highest BCUT2D eigenvalue weighted by molar-refractivity contribution is 7.07. The average Bonchev–Trinajstić information content (AvgIpc) is 3.20. The molecule has 3 N–H and O–H groups in total. The molecule has 0 spiro atoms. The van der Waals surface area contributed by atoms with Gasteiger partial charge in [0, 0.05) is 24.2 Å². The number of anilines is 1. The molecule has 1 aliphatic rings. The number of nitrogens with one attached hydrogen (secondary N) is 1. The topological polar surface area (TPSA) is 149 Å². The lowest BCUT2D eigenvalue weighted by atomic mass is 9.84. The average molecular weight is 506 g/mol. The molecule has 0 radical (unpaired) electrons. The first kappa shape index (κ1) is 25.9. The molecule has 3 aromatic rings. The van der Waals surface area contributed by atoms with E-state index in [0.717, 1.165) is 22.0 Å². The summed E-state index contributed by atoms with van der Waals surface area (Å²) in [6.07, 6.45) is 4.11. The molecule has 1 atom stereocenters. The highest BCUT2D eigenvalue weighted by atomic mass is 32.1. The van der Waals surface area contributed by atoms with Crippen LogP contribution in [-0.4, -0.2) is 35.6 Å². The zero-order valence-electron chi connectivity index (χ0n) is 18.6. The van der Waals surface area contributed by atoms with Crippen LogP contribution in [0.3, 0.4) is 0 Å². The summed E-state index contributed by atoms with van der Waals surface area (Å²) in [5.41, 5.74) is 6.77. The minimum absolute atomic E-state index is 0. The van der Waals surface area contributed by atoms with Crippen molar-refractivity contribution in [2.24, 2.45) is 5.73 Å². The number of allylic oxidation sites excluding steroid dienone is 1. The van der Waals surface area contributed by atoms with Gasteiger partial charge in [-0.25, -0.2) is 4.79 Å². The van der Waals surface area contributed by atoms with Crippen LogP contribution in [0.2, 0.25) is 0 Å². The van der Waals surface area contributed by atoms with Crippen molar-refractivity contribution in [3.63, 3.8) is 0 Å². The predicted octanol–water partition coefficient (Wildman–Crippen LogP) is 1.14. The third-order valence-corrected chi connectivity index (χ3v) is 6.44. The van der Waals surface area contributed by atoms with Crippen molar-refractivity contribution in [3.05, 3.63) is 79.5 Å². The minimum Gasteiger partial charge on any atom is -0.497 e. The summed E-state index contributed by atoms with van der Waals surface area (Å²) in [7, 11) is 2.72. The maximum Gasteiger partial charge on any atom is 0.332 e. The van der Waals surface area contributed by atoms with Gasteiger partial charge in [0.2, 0.25) is 0 Å². The number of benzene rings is 1. The molecule has 11 heteroatoms. The number of nitrogens with two attached hydrogens (primary N) is 1. The van der Waals surface area contributed by atoms with Gasteiger partial charge in [0.1, 0.15) is 20.8 Å². The number of aromatic nitrogens is 2. The van der Waals surface area contributed by atoms with Gasteiger partial charge in [-0.3, -0.25) is 19.1 Å². The molecule has 2 aromatic heterocycles. The molecule has 184 valence electrons. The number of carbonyl (C=O) groups excluding carboxylic acids is 2. The van der Waals surface area contributed by atoms with Gasteiger partial charge >= 0.3 is 5.97 Å². The third kappa shape index (κ3) is 4.62. The molecule has 3 heterocycles. The minimum atomic E-state index is -0.893. The summed E-state index contributed by atoms with van der Waals surface area (Å²) in [5, 5.41) is 12.8. The fourth-order valence-corrected chi connectivity index (χ4v) is 4.82. The van der Waals surface area contributed by atoms with E-state index in [2.05, 4.69) is 15.0 Å². The van der Waals surface area contributed by atoms with Crippen LogP contribution in [0, 0.1) is 11.3 Å². The van der Waals surface area contributed by atoms with Crippen LogP contribution in [0.25, 0.3) is 17.5 Å². The van der Waals surface area contributed by atoms with Crippen molar-refractivity contribution >= 4 is 46.4 Å². The van der Waals surface area contributed by atoms with E-state index < -0.39 is 23.4 Å². The molecule has 36 heavy (non-hydrogen) atoms. The number of fused-ring (bicyclic) bond motifs is 1. The number of thiazole rings is 1. The number of hydrogen-bond acceptors (Lipinski definition) is 9. The highest BCUT2D eigenvalue weighted by Crippen LogP contribution is 2.36. The lowest BCUT2D eigenvalue weighted by Crippen LogP contribution is -2.40. The van der Waals surface area contributed by atoms with E-state index >= 15 is 0 Å². The molecular weight excluding hydrogens is 482 g/mol. The Labute approximate surface area is 210 Å². The Balaban J connectivity index is 0.00000361. The molecule has 1 amide bonds. The summed E-state index contributed by atoms with van der Waals surface area (Å²) >= 11 is 0.906. The van der Waals surface area contributed by atoms with Gasteiger partial charge < -0.3 is 20.5 Å². The molecule has 10 nitrogen and oxygen atoms in total. The molecule has 0 saturated carbocycles. The molecule has 0 fully saturated rings. The van der Waals surface area contributed by atoms with E-state index in [1.54, 1.807) is 42.6 Å². The van der Waals surface area contributed by atoms with E-state index in [1.807, 2.05) is 6.07 Å². The molecule has 1 aliphatic heterocycles. The van der Waals surface area contributed by atoms with Gasteiger partial charge in [-0.1, -0.05) is 13.5 Å². The SMILES string of the molecule is C.COC(=O)/C=c1\sc2n(c1=O)C(N)=C(C#N)C(c1cccnc1)C=2C(=O)Nc1ccc(OC)cc1. The highest BCUT2D eigenvalue weighted by Gasteiger charge is 2.35. The van der Waals surface area contributed by atoms with E-state index in [1.165, 1.54) is 20.4 Å². The quantitative estimate of drug-likeness (QED) is 0.490. The number of nitriles is 1. The molecule has 0 saturated heterocycles. The smallest absolute Gasteiger partial charge is 0.332 e. The number of carbonyl (C=O) groups is 2. The van der Waals surface area contributed by atoms with Crippen molar-refractivity contribution in [1.82, 2.24) is 9.55 Å². The first-order valence-electron chi connectivity index (χ1n) is 10.2. The maximum atomic E-state index is 13.7. The maximum absolute atomic E-state index is 13.7.